The summed E-state index contributed by atoms with van der Waals surface area (Å²) < 4.78 is 0. The summed E-state index contributed by atoms with van der Waals surface area (Å²) in [5, 5.41) is 4.28. The highest BCUT2D eigenvalue weighted by Gasteiger charge is 2.27. The van der Waals surface area contributed by atoms with Crippen LogP contribution < -0.4 is 5.32 Å². The first-order chi connectivity index (χ1) is 7.22. The molecule has 2 heterocycles. The van der Waals surface area contributed by atoms with E-state index in [-0.39, 0.29) is 18.2 Å². The van der Waals surface area contributed by atoms with E-state index < -0.39 is 0 Å². The first-order valence-electron chi connectivity index (χ1n) is 4.82. The molecule has 1 aromatic rings. The Morgan fingerprint density at radius 1 is 1.53 bits per heavy atom. The van der Waals surface area contributed by atoms with Crippen molar-refractivity contribution in [3.05, 3.63) is 28.0 Å². The number of allylic oxidation sites excluding steroid dienone is 1. The summed E-state index contributed by atoms with van der Waals surface area (Å²) in [7, 11) is 0. The largest absolute Gasteiger partial charge is 0.292 e. The molecule has 0 spiro atoms. The minimum Gasteiger partial charge on any atom is -0.292 e. The minimum absolute atomic E-state index is 0.197. The van der Waals surface area contributed by atoms with Crippen molar-refractivity contribution >= 4 is 28.7 Å². The monoisotopic (exact) mass is 221 g/mol. The number of nitrogens with one attached hydrogen (secondary N) is 1. The van der Waals surface area contributed by atoms with Gasteiger partial charge in [0.2, 0.25) is 5.91 Å². The Hall–Kier alpha value is -1.42. The summed E-state index contributed by atoms with van der Waals surface area (Å²) in [4.78, 5) is 23.7. The van der Waals surface area contributed by atoms with Crippen molar-refractivity contribution in [3.8, 4) is 0 Å². The molecule has 4 heteroatoms. The predicted molar refractivity (Wildman–Crippen MR) is 59.3 cm³/mol. The normalized spacial score (nSPS) is 19.3. The molecule has 0 aromatic carbocycles. The maximum atomic E-state index is 11.5. The molecular formula is C11H11NO2S. The Morgan fingerprint density at radius 2 is 2.33 bits per heavy atom. The fraction of sp³-hybridized carbons (Fsp3) is 0.273. The summed E-state index contributed by atoms with van der Waals surface area (Å²) in [6.45, 7) is 2.00. The Bertz CT molecular complexity index is 431. The Labute approximate surface area is 91.8 Å². The first-order valence-corrected chi connectivity index (χ1v) is 5.70. The number of carbonyl (C=O) groups is 2. The van der Waals surface area contributed by atoms with Gasteiger partial charge in [0.15, 0.2) is 0 Å². The fourth-order valence-electron chi connectivity index (χ4n) is 1.72. The van der Waals surface area contributed by atoms with Gasteiger partial charge < -0.3 is 0 Å². The van der Waals surface area contributed by atoms with E-state index in [0.717, 1.165) is 16.9 Å². The lowest BCUT2D eigenvalue weighted by Gasteiger charge is -2.03. The highest BCUT2D eigenvalue weighted by atomic mass is 32.1. The Morgan fingerprint density at radius 3 is 2.80 bits per heavy atom. The van der Waals surface area contributed by atoms with Gasteiger partial charge >= 0.3 is 0 Å². The van der Waals surface area contributed by atoms with Crippen molar-refractivity contribution in [1.29, 1.82) is 0 Å². The standard InChI is InChI=1S/C11H11NO2S/c1-2-7(9-4-3-5-15-9)8-6-10(13)12-11(8)14/h3-5H,2,6H2,1H3,(H,12,13,14). The van der Waals surface area contributed by atoms with Crippen LogP contribution in [0.15, 0.2) is 23.1 Å². The molecule has 0 radical (unpaired) electrons. The molecule has 3 nitrogen and oxygen atoms in total. The topological polar surface area (TPSA) is 46.2 Å². The van der Waals surface area contributed by atoms with Crippen LogP contribution in [0.3, 0.4) is 0 Å². The van der Waals surface area contributed by atoms with Gasteiger partial charge in [-0.25, -0.2) is 0 Å². The number of rotatable bonds is 2. The summed E-state index contributed by atoms with van der Waals surface area (Å²) in [6.07, 6.45) is 0.996. The van der Waals surface area contributed by atoms with Gasteiger partial charge in [0, 0.05) is 10.5 Å². The Balaban J connectivity index is 2.45. The lowest BCUT2D eigenvalue weighted by molar-refractivity contribution is -0.124. The predicted octanol–water partition coefficient (Wildman–Crippen LogP) is 1.96. The van der Waals surface area contributed by atoms with Crippen LogP contribution in [0.2, 0.25) is 0 Å². The van der Waals surface area contributed by atoms with E-state index >= 15 is 0 Å². The molecule has 15 heavy (non-hydrogen) atoms. The molecule has 0 aliphatic carbocycles. The van der Waals surface area contributed by atoms with Crippen LogP contribution >= 0.6 is 11.3 Å². The molecule has 1 aliphatic rings. The van der Waals surface area contributed by atoms with Crippen molar-refractivity contribution in [2.45, 2.75) is 19.8 Å². The highest BCUT2D eigenvalue weighted by Crippen LogP contribution is 2.29. The number of hydrogen-bond acceptors (Lipinski definition) is 3. The average molecular weight is 221 g/mol. The van der Waals surface area contributed by atoms with E-state index in [1.165, 1.54) is 0 Å². The maximum Gasteiger partial charge on any atom is 0.254 e. The van der Waals surface area contributed by atoms with E-state index in [1.807, 2.05) is 24.4 Å². The third-order valence-electron chi connectivity index (χ3n) is 2.40. The summed E-state index contributed by atoms with van der Waals surface area (Å²) >= 11 is 1.60. The molecule has 1 saturated heterocycles. The van der Waals surface area contributed by atoms with Crippen LogP contribution in [0.25, 0.3) is 5.57 Å². The van der Waals surface area contributed by atoms with Gasteiger partial charge in [0.05, 0.1) is 6.42 Å². The van der Waals surface area contributed by atoms with Gasteiger partial charge in [-0.1, -0.05) is 13.0 Å². The zero-order chi connectivity index (χ0) is 10.8. The lowest BCUT2D eigenvalue weighted by atomic mass is 10.0. The molecule has 1 aliphatic heterocycles. The zero-order valence-electron chi connectivity index (χ0n) is 8.37. The molecule has 1 aromatic heterocycles. The number of imide groups is 1. The van der Waals surface area contributed by atoms with Crippen molar-refractivity contribution in [2.24, 2.45) is 0 Å². The number of thiophene rings is 1. The second-order valence-corrected chi connectivity index (χ2v) is 4.29. The van der Waals surface area contributed by atoms with Crippen molar-refractivity contribution < 1.29 is 9.59 Å². The second-order valence-electron chi connectivity index (χ2n) is 3.34. The van der Waals surface area contributed by atoms with E-state index in [9.17, 15) is 9.59 Å². The molecule has 0 saturated carbocycles. The summed E-state index contributed by atoms with van der Waals surface area (Å²) in [5.41, 5.74) is 1.62. The van der Waals surface area contributed by atoms with Gasteiger partial charge in [-0.15, -0.1) is 11.3 Å². The molecule has 0 atom stereocenters. The van der Waals surface area contributed by atoms with E-state index in [4.69, 9.17) is 0 Å². The molecule has 78 valence electrons. The molecule has 2 amide bonds. The van der Waals surface area contributed by atoms with Gasteiger partial charge in [-0.05, 0) is 23.4 Å². The molecule has 1 fully saturated rings. The van der Waals surface area contributed by atoms with E-state index in [2.05, 4.69) is 5.32 Å². The number of hydrogen-bond donors (Lipinski definition) is 1. The van der Waals surface area contributed by atoms with E-state index in [1.54, 1.807) is 11.3 Å². The second kappa shape index (κ2) is 3.98. The van der Waals surface area contributed by atoms with Crippen LogP contribution in [0, 0.1) is 0 Å². The van der Waals surface area contributed by atoms with E-state index in [0.29, 0.717) is 5.57 Å². The fourth-order valence-corrected chi connectivity index (χ4v) is 2.59. The first kappa shape index (κ1) is 10.1. The Kier molecular flexibility index (Phi) is 2.68. The molecule has 2 rings (SSSR count). The zero-order valence-corrected chi connectivity index (χ0v) is 9.19. The van der Waals surface area contributed by atoms with Crippen LogP contribution in [0.1, 0.15) is 24.6 Å². The van der Waals surface area contributed by atoms with Crippen LogP contribution in [-0.2, 0) is 9.59 Å². The smallest absolute Gasteiger partial charge is 0.254 e. The molecule has 0 unspecified atom stereocenters. The van der Waals surface area contributed by atoms with Gasteiger partial charge in [-0.3, -0.25) is 14.9 Å². The third-order valence-corrected chi connectivity index (χ3v) is 3.33. The quantitative estimate of drug-likeness (QED) is 0.613. The SMILES string of the molecule is CCC(=C1CC(=O)NC1=O)c1cccs1. The van der Waals surface area contributed by atoms with Gasteiger partial charge in [-0.2, -0.15) is 0 Å². The number of carbonyl (C=O) groups excluding carboxylic acids is 2. The molecule has 1 N–H and O–H groups in total. The minimum atomic E-state index is -0.231. The average Bonchev–Trinajstić information content (AvgIpc) is 2.79. The van der Waals surface area contributed by atoms with Crippen LogP contribution in [-0.4, -0.2) is 11.8 Å². The van der Waals surface area contributed by atoms with Crippen molar-refractivity contribution in [3.63, 3.8) is 0 Å². The summed E-state index contributed by atoms with van der Waals surface area (Å²) in [5.74, 6) is -0.428. The number of amides is 2. The highest BCUT2D eigenvalue weighted by molar-refractivity contribution is 7.11. The van der Waals surface area contributed by atoms with Crippen molar-refractivity contribution in [1.82, 2.24) is 5.32 Å². The van der Waals surface area contributed by atoms with Gasteiger partial charge in [0.25, 0.3) is 5.91 Å². The van der Waals surface area contributed by atoms with Gasteiger partial charge in [0.1, 0.15) is 0 Å². The van der Waals surface area contributed by atoms with Crippen LogP contribution in [0.4, 0.5) is 0 Å². The maximum absolute atomic E-state index is 11.5. The lowest BCUT2D eigenvalue weighted by Crippen LogP contribution is -2.19. The molecular weight excluding hydrogens is 210 g/mol. The third kappa shape index (κ3) is 1.85. The van der Waals surface area contributed by atoms with Crippen LogP contribution in [0.5, 0.6) is 0 Å². The summed E-state index contributed by atoms with van der Waals surface area (Å²) in [6, 6.07) is 3.93. The molecule has 0 bridgehead atoms. The van der Waals surface area contributed by atoms with Crippen molar-refractivity contribution in [2.75, 3.05) is 0 Å².